The molecule has 2 aromatic carbocycles. The molecule has 45 heavy (non-hydrogen) atoms. The number of aromatic amines is 1. The molecule has 2 unspecified atom stereocenters. The lowest BCUT2D eigenvalue weighted by Gasteiger charge is -2.35. The highest BCUT2D eigenvalue weighted by Crippen LogP contribution is 2.37. The highest BCUT2D eigenvalue weighted by atomic mass is 32.2. The Kier molecular flexibility index (Phi) is 8.99. The average Bonchev–Trinajstić information content (AvgIpc) is 3.41. The predicted octanol–water partition coefficient (Wildman–Crippen LogP) is 6.21. The van der Waals surface area contributed by atoms with Gasteiger partial charge < -0.3 is 10.3 Å². The summed E-state index contributed by atoms with van der Waals surface area (Å²) in [6.45, 7) is 1.36. The van der Waals surface area contributed by atoms with Crippen molar-refractivity contribution in [3.05, 3.63) is 100.0 Å². The van der Waals surface area contributed by atoms with Crippen molar-refractivity contribution in [1.82, 2.24) is 20.0 Å². The number of rotatable bonds is 10. The van der Waals surface area contributed by atoms with Crippen molar-refractivity contribution in [1.29, 1.82) is 0 Å². The lowest BCUT2D eigenvalue weighted by atomic mass is 9.82. The topological polar surface area (TPSA) is 147 Å². The van der Waals surface area contributed by atoms with Gasteiger partial charge in [-0.2, -0.15) is 17.9 Å². The molecule has 2 heterocycles. The first-order chi connectivity index (χ1) is 21.3. The van der Waals surface area contributed by atoms with Crippen molar-refractivity contribution >= 4 is 32.5 Å². The van der Waals surface area contributed by atoms with Crippen molar-refractivity contribution < 1.29 is 31.3 Å². The van der Waals surface area contributed by atoms with Gasteiger partial charge in [0.15, 0.2) is 4.90 Å². The molecule has 1 amide bonds. The van der Waals surface area contributed by atoms with Crippen LogP contribution in [0.1, 0.15) is 61.9 Å². The summed E-state index contributed by atoms with van der Waals surface area (Å²) in [7, 11) is -4.93. The van der Waals surface area contributed by atoms with E-state index >= 15 is 0 Å². The summed E-state index contributed by atoms with van der Waals surface area (Å²) in [5, 5.41) is 15.5. The van der Waals surface area contributed by atoms with E-state index in [0.29, 0.717) is 23.4 Å². The first kappa shape index (κ1) is 32.1. The molecule has 0 bridgehead atoms. The number of nitrogens with one attached hydrogen (secondary N) is 3. The van der Waals surface area contributed by atoms with Crippen LogP contribution < -0.4 is 10.0 Å². The third kappa shape index (κ3) is 7.01. The Morgan fingerprint density at radius 1 is 1.09 bits per heavy atom. The smallest absolute Gasteiger partial charge is 0.361 e. The van der Waals surface area contributed by atoms with Crippen molar-refractivity contribution in [2.45, 2.75) is 68.1 Å². The zero-order valence-corrected chi connectivity index (χ0v) is 25.1. The Balaban J connectivity index is 1.56. The molecule has 0 saturated heterocycles. The lowest BCUT2D eigenvalue weighted by molar-refractivity contribution is -0.388. The number of amides is 1. The maximum absolute atomic E-state index is 14.3. The number of aromatic nitrogens is 2. The minimum atomic E-state index is -4.94. The number of benzene rings is 2. The molecule has 10 nitrogen and oxygen atoms in total. The van der Waals surface area contributed by atoms with Crippen LogP contribution in [0.25, 0.3) is 10.9 Å². The number of alkyl halides is 3. The van der Waals surface area contributed by atoms with Gasteiger partial charge in [0, 0.05) is 35.8 Å². The molecule has 1 aliphatic rings. The van der Waals surface area contributed by atoms with Crippen molar-refractivity contribution in [3.8, 4) is 0 Å². The molecule has 0 aliphatic heterocycles. The fourth-order valence-corrected chi connectivity index (χ4v) is 7.52. The van der Waals surface area contributed by atoms with Crippen LogP contribution >= 0.6 is 0 Å². The summed E-state index contributed by atoms with van der Waals surface area (Å²) in [6, 6.07) is 13.1. The van der Waals surface area contributed by atoms with E-state index in [-0.39, 0.29) is 18.4 Å². The lowest BCUT2D eigenvalue weighted by Crippen LogP contribution is -2.59. The van der Waals surface area contributed by atoms with E-state index in [1.54, 1.807) is 42.7 Å². The Hall–Kier alpha value is -4.30. The Labute approximate surface area is 257 Å². The van der Waals surface area contributed by atoms with Gasteiger partial charge in [-0.3, -0.25) is 19.9 Å². The molecular weight excluding hydrogens is 611 g/mol. The zero-order valence-electron chi connectivity index (χ0n) is 24.3. The standard InChI is InChI=1S/C31H32F3N5O5S/c1-30(18-21-19-36-24-12-6-5-11-23(21)24,29(40)37-28(20-9-3-2-4-10-20)25-13-7-8-16-35-25)38-45(43,44)27-15-14-22(31(32,33)34)17-26(27)39(41)42/h5-8,11-17,19-20,28,36,38H,2-4,9-10,18H2,1H3,(H,37,40). The van der Waals surface area contributed by atoms with Gasteiger partial charge in [-0.1, -0.05) is 43.5 Å². The highest BCUT2D eigenvalue weighted by molar-refractivity contribution is 7.89. The van der Waals surface area contributed by atoms with Gasteiger partial charge in [0.25, 0.3) is 5.69 Å². The molecule has 0 spiro atoms. The molecule has 14 heteroatoms. The van der Waals surface area contributed by atoms with E-state index in [1.807, 2.05) is 12.1 Å². The molecule has 1 saturated carbocycles. The van der Waals surface area contributed by atoms with E-state index in [0.717, 1.165) is 43.0 Å². The minimum absolute atomic E-state index is 0.0301. The SMILES string of the molecule is CC(Cc1c[nH]c2ccccc12)(NS(=O)(=O)c1ccc(C(F)(F)F)cc1[N+](=O)[O-])C(=O)NC(c1ccccn1)C1CCCCC1. The van der Waals surface area contributed by atoms with Gasteiger partial charge in [-0.15, -0.1) is 0 Å². The molecule has 5 rings (SSSR count). The predicted molar refractivity (Wildman–Crippen MR) is 161 cm³/mol. The number of carbonyl (C=O) groups is 1. The molecule has 1 fully saturated rings. The number of halogens is 3. The fraction of sp³-hybridized carbons (Fsp3) is 0.355. The number of pyridine rings is 1. The van der Waals surface area contributed by atoms with E-state index in [9.17, 15) is 36.5 Å². The van der Waals surface area contributed by atoms with E-state index in [4.69, 9.17) is 0 Å². The number of nitro benzene ring substituents is 1. The second-order valence-corrected chi connectivity index (χ2v) is 13.2. The van der Waals surface area contributed by atoms with Gasteiger partial charge in [-0.05, 0) is 61.6 Å². The normalized spacial score (nSPS) is 16.6. The fourth-order valence-electron chi connectivity index (χ4n) is 6.00. The molecule has 3 N–H and O–H groups in total. The van der Waals surface area contributed by atoms with Crippen LogP contribution in [0.15, 0.2) is 78.0 Å². The Morgan fingerprint density at radius 2 is 1.80 bits per heavy atom. The van der Waals surface area contributed by atoms with Crippen LogP contribution in [-0.4, -0.2) is 34.8 Å². The van der Waals surface area contributed by atoms with Crippen LogP contribution in [0.4, 0.5) is 18.9 Å². The summed E-state index contributed by atoms with van der Waals surface area (Å²) >= 11 is 0. The number of fused-ring (bicyclic) bond motifs is 1. The molecule has 0 radical (unpaired) electrons. The number of hydrogen-bond donors (Lipinski definition) is 3. The largest absolute Gasteiger partial charge is 0.416 e. The van der Waals surface area contributed by atoms with Crippen molar-refractivity contribution in [3.63, 3.8) is 0 Å². The highest BCUT2D eigenvalue weighted by Gasteiger charge is 2.43. The third-order valence-electron chi connectivity index (χ3n) is 8.27. The molecule has 2 aromatic heterocycles. The first-order valence-electron chi connectivity index (χ1n) is 14.4. The Morgan fingerprint density at radius 3 is 2.47 bits per heavy atom. The van der Waals surface area contributed by atoms with Crippen molar-refractivity contribution in [2.75, 3.05) is 0 Å². The monoisotopic (exact) mass is 643 g/mol. The second-order valence-electron chi connectivity index (χ2n) is 11.5. The average molecular weight is 644 g/mol. The Bertz CT molecular complexity index is 1810. The number of hydrogen-bond acceptors (Lipinski definition) is 6. The molecule has 1 aliphatic carbocycles. The summed E-state index contributed by atoms with van der Waals surface area (Å²) < 4.78 is 70.0. The minimum Gasteiger partial charge on any atom is -0.361 e. The quantitative estimate of drug-likeness (QED) is 0.138. The molecule has 238 valence electrons. The maximum atomic E-state index is 14.3. The van der Waals surface area contributed by atoms with Gasteiger partial charge in [0.1, 0.15) is 5.54 Å². The summed E-state index contributed by atoms with van der Waals surface area (Å²) in [6.07, 6.45) is 2.75. The number of nitro groups is 1. The maximum Gasteiger partial charge on any atom is 0.416 e. The zero-order chi connectivity index (χ0) is 32.4. The van der Waals surface area contributed by atoms with Gasteiger partial charge in [0.2, 0.25) is 15.9 Å². The first-order valence-corrected chi connectivity index (χ1v) is 15.9. The molecule has 2 atom stereocenters. The van der Waals surface area contributed by atoms with Crippen LogP contribution in [0.5, 0.6) is 0 Å². The second kappa shape index (κ2) is 12.6. The molecule has 4 aromatic rings. The van der Waals surface area contributed by atoms with E-state index < -0.39 is 54.8 Å². The van der Waals surface area contributed by atoms with Crippen LogP contribution in [0.3, 0.4) is 0 Å². The number of sulfonamides is 1. The number of carbonyl (C=O) groups excluding carboxylic acids is 1. The van der Waals surface area contributed by atoms with Gasteiger partial charge in [-0.25, -0.2) is 8.42 Å². The number of nitrogens with zero attached hydrogens (tertiary/aromatic N) is 2. The van der Waals surface area contributed by atoms with E-state index in [1.165, 1.54) is 6.92 Å². The summed E-state index contributed by atoms with van der Waals surface area (Å²) in [5.41, 5.74) is -2.65. The summed E-state index contributed by atoms with van der Waals surface area (Å²) in [5.74, 6) is -0.685. The van der Waals surface area contributed by atoms with Gasteiger partial charge >= 0.3 is 6.18 Å². The summed E-state index contributed by atoms with van der Waals surface area (Å²) in [4.78, 5) is 31.5. The van der Waals surface area contributed by atoms with Crippen molar-refractivity contribution in [2.24, 2.45) is 5.92 Å². The third-order valence-corrected chi connectivity index (χ3v) is 9.91. The van der Waals surface area contributed by atoms with Crippen LogP contribution in [-0.2, 0) is 27.4 Å². The molecular formula is C31H32F3N5O5S. The van der Waals surface area contributed by atoms with Crippen LogP contribution in [0.2, 0.25) is 0 Å². The van der Waals surface area contributed by atoms with Crippen LogP contribution in [0, 0.1) is 16.0 Å². The number of para-hydroxylation sites is 1. The number of H-pyrrole nitrogens is 1. The van der Waals surface area contributed by atoms with E-state index in [2.05, 4.69) is 20.0 Å². The van der Waals surface area contributed by atoms with Gasteiger partial charge in [0.05, 0.1) is 22.2 Å².